The number of amides is 2. The lowest BCUT2D eigenvalue weighted by Gasteiger charge is -2.19. The summed E-state index contributed by atoms with van der Waals surface area (Å²) in [6.07, 6.45) is 0.882. The summed E-state index contributed by atoms with van der Waals surface area (Å²) < 4.78 is 0. The van der Waals surface area contributed by atoms with E-state index in [-0.39, 0.29) is 18.2 Å². The highest BCUT2D eigenvalue weighted by molar-refractivity contribution is 7.12. The van der Waals surface area contributed by atoms with Crippen LogP contribution in [0.5, 0.6) is 0 Å². The molecule has 1 atom stereocenters. The van der Waals surface area contributed by atoms with E-state index in [2.05, 4.69) is 5.32 Å². The lowest BCUT2D eigenvalue weighted by atomic mass is 10.1. The Morgan fingerprint density at radius 2 is 2.37 bits per heavy atom. The molecule has 0 aromatic carbocycles. The first-order chi connectivity index (χ1) is 8.98. The van der Waals surface area contributed by atoms with Crippen molar-refractivity contribution in [2.75, 3.05) is 19.6 Å². The van der Waals surface area contributed by atoms with Crippen molar-refractivity contribution in [1.82, 2.24) is 10.2 Å². The molecule has 1 fully saturated rings. The Labute approximate surface area is 116 Å². The minimum Gasteiger partial charge on any atom is -0.388 e. The molecule has 1 aromatic rings. The van der Waals surface area contributed by atoms with Crippen LogP contribution >= 0.6 is 11.3 Å². The topological polar surface area (TPSA) is 69.6 Å². The van der Waals surface area contributed by atoms with Crippen LogP contribution in [-0.4, -0.2) is 47.1 Å². The summed E-state index contributed by atoms with van der Waals surface area (Å²) in [5.74, 6) is -0.166. The van der Waals surface area contributed by atoms with E-state index in [4.69, 9.17) is 0 Å². The first kappa shape index (κ1) is 14.0. The lowest BCUT2D eigenvalue weighted by molar-refractivity contribution is -0.130. The summed E-state index contributed by atoms with van der Waals surface area (Å²) in [6.45, 7) is 3.03. The smallest absolute Gasteiger partial charge is 0.261 e. The third kappa shape index (κ3) is 3.78. The van der Waals surface area contributed by atoms with Gasteiger partial charge in [-0.25, -0.2) is 0 Å². The molecule has 1 saturated heterocycles. The van der Waals surface area contributed by atoms with Gasteiger partial charge in [-0.3, -0.25) is 9.59 Å². The van der Waals surface area contributed by atoms with Crippen molar-refractivity contribution in [2.24, 2.45) is 0 Å². The molecule has 1 aliphatic heterocycles. The third-order valence-corrected chi connectivity index (χ3v) is 4.04. The number of rotatable bonds is 4. The van der Waals surface area contributed by atoms with Crippen LogP contribution in [0.2, 0.25) is 0 Å². The Morgan fingerprint density at radius 3 is 2.95 bits per heavy atom. The number of hydrogen-bond donors (Lipinski definition) is 2. The molecule has 0 aliphatic carbocycles. The van der Waals surface area contributed by atoms with E-state index < -0.39 is 5.60 Å². The van der Waals surface area contributed by atoms with Crippen molar-refractivity contribution in [3.63, 3.8) is 0 Å². The molecule has 1 unspecified atom stereocenters. The molecule has 0 spiro atoms. The van der Waals surface area contributed by atoms with Crippen molar-refractivity contribution < 1.29 is 14.7 Å². The molecule has 0 saturated carbocycles. The highest BCUT2D eigenvalue weighted by atomic mass is 32.1. The molecule has 1 aromatic heterocycles. The number of carbonyl (C=O) groups is 2. The number of nitrogens with one attached hydrogen (secondary N) is 1. The highest BCUT2D eigenvalue weighted by Crippen LogP contribution is 2.20. The number of carbonyl (C=O) groups excluding carboxylic acids is 2. The average molecular weight is 282 g/mol. The standard InChI is InChI=1S/C13H18N2O3S/c1-13(18)5-7-15(9-13)11(16)4-6-14-12(17)10-3-2-8-19-10/h2-3,8,18H,4-7,9H2,1H3,(H,14,17). The zero-order valence-corrected chi connectivity index (χ0v) is 11.7. The molecule has 2 heterocycles. The van der Waals surface area contributed by atoms with Gasteiger partial charge in [0.05, 0.1) is 10.5 Å². The van der Waals surface area contributed by atoms with Gasteiger partial charge in [-0.2, -0.15) is 0 Å². The van der Waals surface area contributed by atoms with Crippen LogP contribution in [-0.2, 0) is 4.79 Å². The number of nitrogens with zero attached hydrogens (tertiary/aromatic N) is 1. The molecule has 2 rings (SSSR count). The Morgan fingerprint density at radius 1 is 1.58 bits per heavy atom. The number of likely N-dealkylation sites (tertiary alicyclic amines) is 1. The average Bonchev–Trinajstić information content (AvgIpc) is 2.97. The van der Waals surface area contributed by atoms with Crippen molar-refractivity contribution >= 4 is 23.2 Å². The predicted octanol–water partition coefficient (Wildman–Crippen LogP) is 0.851. The van der Waals surface area contributed by atoms with Gasteiger partial charge in [0.1, 0.15) is 0 Å². The minimum absolute atomic E-state index is 0.0238. The number of aliphatic hydroxyl groups is 1. The lowest BCUT2D eigenvalue weighted by Crippen LogP contribution is -2.36. The van der Waals surface area contributed by atoms with E-state index in [1.807, 2.05) is 11.4 Å². The molecule has 19 heavy (non-hydrogen) atoms. The van der Waals surface area contributed by atoms with Crippen LogP contribution in [0.4, 0.5) is 0 Å². The molecular formula is C13H18N2O3S. The van der Waals surface area contributed by atoms with Gasteiger partial charge in [-0.05, 0) is 24.8 Å². The fourth-order valence-electron chi connectivity index (χ4n) is 2.09. The molecule has 2 amide bonds. The summed E-state index contributed by atoms with van der Waals surface area (Å²) in [6, 6.07) is 3.57. The monoisotopic (exact) mass is 282 g/mol. The van der Waals surface area contributed by atoms with E-state index in [1.54, 1.807) is 17.9 Å². The van der Waals surface area contributed by atoms with Crippen LogP contribution in [0.1, 0.15) is 29.4 Å². The minimum atomic E-state index is -0.768. The summed E-state index contributed by atoms with van der Waals surface area (Å²) in [4.78, 5) is 25.8. The second-order valence-electron chi connectivity index (χ2n) is 5.05. The number of hydrogen-bond acceptors (Lipinski definition) is 4. The Kier molecular flexibility index (Phi) is 4.21. The quantitative estimate of drug-likeness (QED) is 0.860. The maximum Gasteiger partial charge on any atom is 0.261 e. The molecule has 0 bridgehead atoms. The van der Waals surface area contributed by atoms with E-state index >= 15 is 0 Å². The summed E-state index contributed by atoms with van der Waals surface area (Å²) in [7, 11) is 0. The molecule has 1 aliphatic rings. The Balaban J connectivity index is 1.71. The van der Waals surface area contributed by atoms with Gasteiger partial charge in [0.25, 0.3) is 5.91 Å². The van der Waals surface area contributed by atoms with Gasteiger partial charge in [-0.1, -0.05) is 6.07 Å². The van der Waals surface area contributed by atoms with Crippen molar-refractivity contribution in [3.8, 4) is 0 Å². The zero-order valence-electron chi connectivity index (χ0n) is 10.9. The zero-order chi connectivity index (χ0) is 13.9. The summed E-state index contributed by atoms with van der Waals surface area (Å²) >= 11 is 1.37. The second kappa shape index (κ2) is 5.71. The number of β-amino-alcohol motifs (C(OH)–C–C–N with tert-alkyl or cyclic N) is 1. The van der Waals surface area contributed by atoms with E-state index in [9.17, 15) is 14.7 Å². The van der Waals surface area contributed by atoms with Crippen LogP contribution in [0.3, 0.4) is 0 Å². The second-order valence-corrected chi connectivity index (χ2v) is 5.99. The van der Waals surface area contributed by atoms with Gasteiger partial charge >= 0.3 is 0 Å². The normalized spacial score (nSPS) is 22.5. The van der Waals surface area contributed by atoms with E-state index in [1.165, 1.54) is 11.3 Å². The first-order valence-electron chi connectivity index (χ1n) is 6.30. The molecule has 0 radical (unpaired) electrons. The highest BCUT2D eigenvalue weighted by Gasteiger charge is 2.33. The van der Waals surface area contributed by atoms with Gasteiger partial charge in [0.15, 0.2) is 0 Å². The SMILES string of the molecule is CC1(O)CCN(C(=O)CCNC(=O)c2cccs2)C1. The Hall–Kier alpha value is -1.40. The fourth-order valence-corrected chi connectivity index (χ4v) is 2.73. The van der Waals surface area contributed by atoms with Gasteiger partial charge < -0.3 is 15.3 Å². The van der Waals surface area contributed by atoms with Crippen LogP contribution in [0.15, 0.2) is 17.5 Å². The molecule has 2 N–H and O–H groups in total. The van der Waals surface area contributed by atoms with E-state index in [0.717, 1.165) is 0 Å². The summed E-state index contributed by atoms with van der Waals surface area (Å²) in [5.41, 5.74) is -0.768. The maximum atomic E-state index is 11.9. The van der Waals surface area contributed by atoms with Crippen molar-refractivity contribution in [2.45, 2.75) is 25.4 Å². The van der Waals surface area contributed by atoms with E-state index in [0.29, 0.717) is 30.9 Å². The first-order valence-corrected chi connectivity index (χ1v) is 7.18. The molecule has 6 heteroatoms. The van der Waals surface area contributed by atoms with Crippen LogP contribution in [0.25, 0.3) is 0 Å². The Bertz CT molecular complexity index is 456. The van der Waals surface area contributed by atoms with Gasteiger partial charge in [0, 0.05) is 26.1 Å². The van der Waals surface area contributed by atoms with Crippen molar-refractivity contribution in [1.29, 1.82) is 0 Å². The maximum absolute atomic E-state index is 11.9. The molecular weight excluding hydrogens is 264 g/mol. The van der Waals surface area contributed by atoms with Crippen molar-refractivity contribution in [3.05, 3.63) is 22.4 Å². The molecule has 104 valence electrons. The number of thiophene rings is 1. The predicted molar refractivity (Wildman–Crippen MR) is 73.1 cm³/mol. The van der Waals surface area contributed by atoms with Gasteiger partial charge in [0.2, 0.25) is 5.91 Å². The largest absolute Gasteiger partial charge is 0.388 e. The molecule has 5 nitrogen and oxygen atoms in total. The third-order valence-electron chi connectivity index (χ3n) is 3.17. The summed E-state index contributed by atoms with van der Waals surface area (Å²) in [5, 5.41) is 14.4. The van der Waals surface area contributed by atoms with Gasteiger partial charge in [-0.15, -0.1) is 11.3 Å². The van der Waals surface area contributed by atoms with Crippen LogP contribution < -0.4 is 5.32 Å². The van der Waals surface area contributed by atoms with Crippen LogP contribution in [0, 0.1) is 0 Å². The fraction of sp³-hybridized carbons (Fsp3) is 0.538.